The average molecular weight is 482 g/mol. The quantitative estimate of drug-likeness (QED) is 0.153. The second-order valence-electron chi connectivity index (χ2n) is 10.1. The van der Waals surface area contributed by atoms with Crippen molar-refractivity contribution in [2.24, 2.45) is 0 Å². The monoisotopic (exact) mass is 481 g/mol. The van der Waals surface area contributed by atoms with Crippen LogP contribution in [0.15, 0.2) is 35.2 Å². The third kappa shape index (κ3) is 5.55. The maximum absolute atomic E-state index is 13.3. The second-order valence-corrected chi connectivity index (χ2v) is 16.7. The summed E-state index contributed by atoms with van der Waals surface area (Å²) in [6.45, 7) is 15.1. The van der Waals surface area contributed by atoms with Crippen LogP contribution in [0.5, 0.6) is 0 Å². The van der Waals surface area contributed by atoms with Gasteiger partial charge in [-0.1, -0.05) is 39.0 Å². The van der Waals surface area contributed by atoms with E-state index in [1.807, 2.05) is 0 Å². The van der Waals surface area contributed by atoms with Crippen molar-refractivity contribution in [2.75, 3.05) is 13.2 Å². The molecule has 0 aliphatic carbocycles. The smallest absolute Gasteiger partial charge is 0.417 e. The minimum Gasteiger partial charge on any atom is -0.417 e. The molecule has 0 radical (unpaired) electrons. The molecule has 2 rings (SSSR count). The molecule has 1 saturated heterocycles. The molecule has 1 aliphatic heterocycles. The predicted octanol–water partition coefficient (Wildman–Crippen LogP) is 3.85. The van der Waals surface area contributed by atoms with Gasteiger partial charge in [0.15, 0.2) is 8.32 Å². The zero-order valence-corrected chi connectivity index (χ0v) is 21.9. The number of ether oxygens (including phenoxy) is 1. The van der Waals surface area contributed by atoms with E-state index < -0.39 is 34.8 Å². The predicted molar refractivity (Wildman–Crippen MR) is 125 cm³/mol. The molecule has 0 bridgehead atoms. The maximum Gasteiger partial charge on any atom is 0.473 e. The Kier molecular flexibility index (Phi) is 7.90. The highest BCUT2D eigenvalue weighted by Crippen LogP contribution is 2.37. The van der Waals surface area contributed by atoms with Crippen LogP contribution in [-0.4, -0.2) is 62.4 Å². The third-order valence-corrected chi connectivity index (χ3v) is 12.5. The van der Waals surface area contributed by atoms with Crippen molar-refractivity contribution in [3.63, 3.8) is 0 Å². The highest BCUT2D eigenvalue weighted by Gasteiger charge is 2.51. The number of benzene rings is 1. The Bertz CT molecular complexity index is 981. The summed E-state index contributed by atoms with van der Waals surface area (Å²) in [7, 11) is -6.17. The maximum atomic E-state index is 13.3. The number of carbonyl (C=O) groups is 1. The molecule has 1 aromatic carbocycles. The molecule has 0 unspecified atom stereocenters. The second kappa shape index (κ2) is 9.57. The largest absolute Gasteiger partial charge is 0.473 e. The first-order chi connectivity index (χ1) is 14.6. The molecule has 32 heavy (non-hydrogen) atoms. The highest BCUT2D eigenvalue weighted by atomic mass is 32.2. The van der Waals surface area contributed by atoms with Gasteiger partial charge in [-0.05, 0) is 57.0 Å². The van der Waals surface area contributed by atoms with Crippen molar-refractivity contribution < 1.29 is 27.2 Å². The zero-order valence-electron chi connectivity index (χ0n) is 20.1. The molecular formula is C22H35N3O5SSi. The van der Waals surface area contributed by atoms with E-state index in [0.717, 1.165) is 0 Å². The number of sulfone groups is 1. The molecule has 1 fully saturated rings. The fourth-order valence-electron chi connectivity index (χ4n) is 3.40. The molecule has 0 aromatic heterocycles. The van der Waals surface area contributed by atoms with E-state index in [0.29, 0.717) is 19.4 Å². The van der Waals surface area contributed by atoms with Crippen LogP contribution >= 0.6 is 0 Å². The van der Waals surface area contributed by atoms with Gasteiger partial charge in [-0.3, -0.25) is 9.69 Å². The molecule has 10 heteroatoms. The van der Waals surface area contributed by atoms with Gasteiger partial charge in [-0.2, -0.15) is 0 Å². The first-order valence-electron chi connectivity index (χ1n) is 10.8. The van der Waals surface area contributed by atoms with Gasteiger partial charge in [0.1, 0.15) is 5.72 Å². The number of carbonyl (C=O) groups excluding carboxylic acids is 1. The molecule has 8 nitrogen and oxygen atoms in total. The SMILES string of the molecule is CC1(C)OC[C@H](CCCO[Si](C)(C)C(C)(C)C)N1C(=O)C(=[N+]=[N-])S(=O)(=O)c1ccccc1. The van der Waals surface area contributed by atoms with E-state index in [4.69, 9.17) is 9.16 Å². The van der Waals surface area contributed by atoms with Gasteiger partial charge in [0.2, 0.25) is 0 Å². The highest BCUT2D eigenvalue weighted by molar-refractivity contribution is 8.08. The Hall–Kier alpha value is -1.84. The number of amides is 1. The molecule has 1 heterocycles. The van der Waals surface area contributed by atoms with Crippen molar-refractivity contribution in [1.82, 2.24) is 4.90 Å². The van der Waals surface area contributed by atoms with Crippen LogP contribution in [0.4, 0.5) is 0 Å². The summed E-state index contributed by atoms with van der Waals surface area (Å²) >= 11 is 0. The summed E-state index contributed by atoms with van der Waals surface area (Å²) in [5.41, 5.74) is 8.46. The molecule has 1 aromatic rings. The van der Waals surface area contributed by atoms with Crippen LogP contribution in [0, 0.1) is 0 Å². The van der Waals surface area contributed by atoms with Gasteiger partial charge in [-0.25, -0.2) is 8.42 Å². The summed E-state index contributed by atoms with van der Waals surface area (Å²) in [6.07, 6.45) is 1.27. The molecular weight excluding hydrogens is 446 g/mol. The molecule has 1 atom stereocenters. The first-order valence-corrected chi connectivity index (χ1v) is 15.2. The summed E-state index contributed by atoms with van der Waals surface area (Å²) in [5.74, 6) is -0.880. The summed E-state index contributed by atoms with van der Waals surface area (Å²) in [5, 5.41) is -0.809. The fraction of sp³-hybridized carbons (Fsp3) is 0.636. The third-order valence-electron chi connectivity index (χ3n) is 6.33. The minimum atomic E-state index is -4.29. The minimum absolute atomic E-state index is 0.103. The van der Waals surface area contributed by atoms with Crippen molar-refractivity contribution in [2.45, 2.75) is 82.3 Å². The molecule has 0 saturated carbocycles. The van der Waals surface area contributed by atoms with Gasteiger partial charge >= 0.3 is 11.0 Å². The summed E-state index contributed by atoms with van der Waals surface area (Å²) in [4.78, 5) is 17.5. The van der Waals surface area contributed by atoms with Gasteiger partial charge in [-0.15, -0.1) is 4.79 Å². The van der Waals surface area contributed by atoms with Crippen molar-refractivity contribution in [3.8, 4) is 0 Å². The standard InChI is InChI=1S/C22H35N3O5SSi/c1-21(2,3)32(6,7)30-15-11-12-17-16-29-22(4,5)25(17)20(26)19(24-23)31(27,28)18-13-9-8-10-14-18/h8-10,13-14,17H,11-12,15-16H2,1-7H3/t17-/m0/s1. The van der Waals surface area contributed by atoms with Crippen LogP contribution in [0.25, 0.3) is 5.53 Å². The van der Waals surface area contributed by atoms with Crippen LogP contribution in [0.1, 0.15) is 47.5 Å². The Balaban J connectivity index is 2.18. The van der Waals surface area contributed by atoms with Gasteiger partial charge in [0.05, 0.1) is 17.5 Å². The number of hydrogen-bond donors (Lipinski definition) is 0. The Morgan fingerprint density at radius 1 is 1.28 bits per heavy atom. The van der Waals surface area contributed by atoms with E-state index >= 15 is 0 Å². The summed E-state index contributed by atoms with van der Waals surface area (Å²) in [6, 6.07) is 7.10. The van der Waals surface area contributed by atoms with E-state index in [1.54, 1.807) is 32.0 Å². The van der Waals surface area contributed by atoms with Crippen LogP contribution in [0.2, 0.25) is 18.1 Å². The van der Waals surface area contributed by atoms with Crippen LogP contribution in [0.3, 0.4) is 0 Å². The fourth-order valence-corrected chi connectivity index (χ4v) is 5.66. The Labute approximate surface area is 192 Å². The molecule has 178 valence electrons. The van der Waals surface area contributed by atoms with E-state index in [2.05, 4.69) is 38.7 Å². The topological polar surface area (TPSA) is 109 Å². The Morgan fingerprint density at radius 2 is 1.88 bits per heavy atom. The average Bonchev–Trinajstić information content (AvgIpc) is 2.99. The normalized spacial score (nSPS) is 19.0. The summed E-state index contributed by atoms with van der Waals surface area (Å²) < 4.78 is 37.9. The number of nitrogens with zero attached hydrogens (tertiary/aromatic N) is 3. The lowest BCUT2D eigenvalue weighted by Crippen LogP contribution is -2.52. The molecule has 0 N–H and O–H groups in total. The van der Waals surface area contributed by atoms with Gasteiger partial charge in [0, 0.05) is 6.61 Å². The molecule has 1 aliphatic rings. The van der Waals surface area contributed by atoms with Gasteiger partial charge < -0.3 is 14.7 Å². The lowest BCUT2D eigenvalue weighted by molar-refractivity contribution is -0.142. The lowest BCUT2D eigenvalue weighted by atomic mass is 10.1. The van der Waals surface area contributed by atoms with E-state index in [9.17, 15) is 18.7 Å². The number of rotatable bonds is 6. The van der Waals surface area contributed by atoms with Gasteiger partial charge in [0.25, 0.3) is 9.84 Å². The van der Waals surface area contributed by atoms with E-state index in [1.165, 1.54) is 17.0 Å². The van der Waals surface area contributed by atoms with Crippen LogP contribution in [-0.2, 0) is 23.8 Å². The Morgan fingerprint density at radius 3 is 2.41 bits per heavy atom. The van der Waals surface area contributed by atoms with Crippen LogP contribution < -0.4 is 0 Å². The van der Waals surface area contributed by atoms with Crippen molar-refractivity contribution in [3.05, 3.63) is 35.9 Å². The zero-order chi connectivity index (χ0) is 24.4. The lowest BCUT2D eigenvalue weighted by Gasteiger charge is -2.36. The first kappa shape index (κ1) is 26.4. The van der Waals surface area contributed by atoms with Crippen molar-refractivity contribution >= 4 is 29.1 Å². The van der Waals surface area contributed by atoms with Crippen molar-refractivity contribution in [1.29, 1.82) is 0 Å². The number of hydrogen-bond acceptors (Lipinski definition) is 5. The van der Waals surface area contributed by atoms with E-state index in [-0.39, 0.29) is 22.6 Å². The molecule has 0 spiro atoms. The molecule has 1 amide bonds.